The van der Waals surface area contributed by atoms with Crippen LogP contribution in [0.3, 0.4) is 0 Å². The molecule has 1 aliphatic rings. The van der Waals surface area contributed by atoms with E-state index in [0.29, 0.717) is 32.4 Å². The predicted octanol–water partition coefficient (Wildman–Crippen LogP) is 4.72. The first-order valence-electron chi connectivity index (χ1n) is 12.0. The van der Waals surface area contributed by atoms with Crippen LogP contribution in [0.15, 0.2) is 54.6 Å². The van der Waals surface area contributed by atoms with Gasteiger partial charge in [0.15, 0.2) is 0 Å². The Bertz CT molecular complexity index is 863. The Labute approximate surface area is 197 Å². The molecule has 1 aliphatic carbocycles. The second-order valence-electron chi connectivity index (χ2n) is 8.55. The van der Waals surface area contributed by atoms with E-state index in [9.17, 15) is 9.59 Å². The number of carbonyl (C=O) groups excluding carboxylic acids is 2. The van der Waals surface area contributed by atoms with Gasteiger partial charge in [0, 0.05) is 19.0 Å². The molecular formula is C27H36N2O4. The quantitative estimate of drug-likeness (QED) is 0.473. The smallest absolute Gasteiger partial charge is 0.243 e. The highest BCUT2D eigenvalue weighted by atomic mass is 16.5. The lowest BCUT2D eigenvalue weighted by molar-refractivity contribution is -0.141. The number of nitrogens with zero attached hydrogens (tertiary/aromatic N) is 1. The first-order chi connectivity index (χ1) is 16.1. The van der Waals surface area contributed by atoms with Gasteiger partial charge in [-0.15, -0.1) is 0 Å². The molecule has 0 radical (unpaired) electrons. The van der Waals surface area contributed by atoms with Crippen molar-refractivity contribution in [2.45, 2.75) is 70.5 Å². The van der Waals surface area contributed by atoms with Crippen molar-refractivity contribution >= 4 is 11.8 Å². The number of carbonyl (C=O) groups is 2. The molecule has 0 unspecified atom stereocenters. The average Bonchev–Trinajstić information content (AvgIpc) is 3.35. The molecule has 1 atom stereocenters. The van der Waals surface area contributed by atoms with Crippen molar-refractivity contribution in [3.8, 4) is 11.5 Å². The molecule has 3 rings (SSSR count). The molecule has 0 aliphatic heterocycles. The van der Waals surface area contributed by atoms with Crippen LogP contribution in [0.1, 0.15) is 57.4 Å². The molecule has 0 heterocycles. The lowest BCUT2D eigenvalue weighted by Gasteiger charge is -2.31. The lowest BCUT2D eigenvalue weighted by Crippen LogP contribution is -2.50. The van der Waals surface area contributed by atoms with Gasteiger partial charge < -0.3 is 19.7 Å². The summed E-state index contributed by atoms with van der Waals surface area (Å²) in [6, 6.07) is 17.0. The van der Waals surface area contributed by atoms with E-state index in [0.717, 1.165) is 42.7 Å². The minimum atomic E-state index is -0.471. The number of hydrogen-bond donors (Lipinski definition) is 1. The second-order valence-corrected chi connectivity index (χ2v) is 8.55. The fraction of sp³-hybridized carbons (Fsp3) is 0.481. The zero-order chi connectivity index (χ0) is 23.5. The van der Waals surface area contributed by atoms with Gasteiger partial charge in [0.1, 0.15) is 17.5 Å². The first kappa shape index (κ1) is 24.6. The van der Waals surface area contributed by atoms with Crippen molar-refractivity contribution in [3.63, 3.8) is 0 Å². The van der Waals surface area contributed by atoms with E-state index in [4.69, 9.17) is 9.47 Å². The van der Waals surface area contributed by atoms with Crippen molar-refractivity contribution in [2.75, 3.05) is 13.7 Å². The minimum absolute atomic E-state index is 0.0226. The van der Waals surface area contributed by atoms with E-state index < -0.39 is 6.04 Å². The molecule has 0 saturated heterocycles. The second kappa shape index (κ2) is 12.9. The van der Waals surface area contributed by atoms with Crippen LogP contribution in [0, 0.1) is 0 Å². The number of benzene rings is 2. The van der Waals surface area contributed by atoms with Crippen LogP contribution >= 0.6 is 0 Å². The summed E-state index contributed by atoms with van der Waals surface area (Å²) >= 11 is 0. The van der Waals surface area contributed by atoms with E-state index in [-0.39, 0.29) is 17.9 Å². The predicted molar refractivity (Wildman–Crippen MR) is 129 cm³/mol. The van der Waals surface area contributed by atoms with Crippen LogP contribution in [0.2, 0.25) is 0 Å². The van der Waals surface area contributed by atoms with Gasteiger partial charge in [-0.2, -0.15) is 0 Å². The molecule has 0 aromatic heterocycles. The highest BCUT2D eigenvalue weighted by molar-refractivity contribution is 5.87. The van der Waals surface area contributed by atoms with Gasteiger partial charge in [0.05, 0.1) is 13.7 Å². The molecule has 2 aromatic rings. The topological polar surface area (TPSA) is 67.9 Å². The van der Waals surface area contributed by atoms with E-state index in [2.05, 4.69) is 5.32 Å². The van der Waals surface area contributed by atoms with Crippen LogP contribution in [-0.2, 0) is 16.1 Å². The number of methoxy groups -OCH3 is 1. The number of ether oxygens (including phenoxy) is 2. The van der Waals surface area contributed by atoms with Crippen LogP contribution in [0.4, 0.5) is 0 Å². The maximum Gasteiger partial charge on any atom is 0.243 e. The zero-order valence-electron chi connectivity index (χ0n) is 19.8. The third-order valence-electron chi connectivity index (χ3n) is 6.15. The Morgan fingerprint density at radius 3 is 2.33 bits per heavy atom. The molecule has 6 nitrogen and oxygen atoms in total. The summed E-state index contributed by atoms with van der Waals surface area (Å²) in [5, 5.41) is 3.18. The highest BCUT2D eigenvalue weighted by Crippen LogP contribution is 2.20. The maximum atomic E-state index is 13.3. The fourth-order valence-corrected chi connectivity index (χ4v) is 4.30. The van der Waals surface area contributed by atoms with Crippen LogP contribution in [0.5, 0.6) is 11.5 Å². The SMILES string of the molecule is CC[C@@H](C(=O)NC1CCCC1)N(Cc1ccccc1)C(=O)CCCOc1ccc(OC)cc1. The summed E-state index contributed by atoms with van der Waals surface area (Å²) in [5.74, 6) is 1.45. The Kier molecular flexibility index (Phi) is 9.60. The van der Waals surface area contributed by atoms with Crippen molar-refractivity contribution in [1.29, 1.82) is 0 Å². The molecule has 1 N–H and O–H groups in total. The molecular weight excluding hydrogens is 416 g/mol. The van der Waals surface area contributed by atoms with Gasteiger partial charge in [0.2, 0.25) is 11.8 Å². The van der Waals surface area contributed by atoms with Gasteiger partial charge in [-0.25, -0.2) is 0 Å². The van der Waals surface area contributed by atoms with E-state index in [1.807, 2.05) is 61.5 Å². The summed E-state index contributed by atoms with van der Waals surface area (Å²) in [7, 11) is 1.63. The molecule has 6 heteroatoms. The molecule has 33 heavy (non-hydrogen) atoms. The first-order valence-corrected chi connectivity index (χ1v) is 12.0. The third kappa shape index (κ3) is 7.52. The Balaban J connectivity index is 1.60. The highest BCUT2D eigenvalue weighted by Gasteiger charge is 2.30. The van der Waals surface area contributed by atoms with Gasteiger partial charge >= 0.3 is 0 Å². The van der Waals surface area contributed by atoms with Gasteiger partial charge in [-0.05, 0) is 55.5 Å². The van der Waals surface area contributed by atoms with Crippen molar-refractivity contribution in [2.24, 2.45) is 0 Å². The van der Waals surface area contributed by atoms with Crippen LogP contribution < -0.4 is 14.8 Å². The number of nitrogens with one attached hydrogen (secondary N) is 1. The summed E-state index contributed by atoms with van der Waals surface area (Å²) in [6.45, 7) is 2.83. The molecule has 1 fully saturated rings. The lowest BCUT2D eigenvalue weighted by atomic mass is 10.1. The summed E-state index contributed by atoms with van der Waals surface area (Å²) in [4.78, 5) is 28.1. The van der Waals surface area contributed by atoms with Crippen molar-refractivity contribution in [1.82, 2.24) is 10.2 Å². The van der Waals surface area contributed by atoms with Gasteiger partial charge in [0.25, 0.3) is 0 Å². The largest absolute Gasteiger partial charge is 0.497 e. The van der Waals surface area contributed by atoms with Gasteiger partial charge in [-0.3, -0.25) is 9.59 Å². The van der Waals surface area contributed by atoms with Crippen LogP contribution in [-0.4, -0.2) is 42.5 Å². The maximum absolute atomic E-state index is 13.3. The molecule has 2 aromatic carbocycles. The molecule has 2 amide bonds. The van der Waals surface area contributed by atoms with Crippen molar-refractivity contribution < 1.29 is 19.1 Å². The number of amides is 2. The molecule has 0 spiro atoms. The van der Waals surface area contributed by atoms with E-state index in [1.165, 1.54) is 0 Å². The molecule has 1 saturated carbocycles. The average molecular weight is 453 g/mol. The standard InChI is InChI=1S/C27H36N2O4/c1-3-25(27(31)28-22-12-7-8-13-22)29(20-21-10-5-4-6-11-21)26(30)14-9-19-33-24-17-15-23(32-2)16-18-24/h4-6,10-11,15-18,22,25H,3,7-9,12-14,19-20H2,1-2H3,(H,28,31)/t25-/m0/s1. The zero-order valence-corrected chi connectivity index (χ0v) is 19.8. The molecule has 0 bridgehead atoms. The van der Waals surface area contributed by atoms with E-state index >= 15 is 0 Å². The Morgan fingerprint density at radius 2 is 1.70 bits per heavy atom. The normalized spacial score (nSPS) is 14.5. The van der Waals surface area contributed by atoms with Crippen LogP contribution in [0.25, 0.3) is 0 Å². The fourth-order valence-electron chi connectivity index (χ4n) is 4.30. The minimum Gasteiger partial charge on any atom is -0.497 e. The number of hydrogen-bond acceptors (Lipinski definition) is 4. The third-order valence-corrected chi connectivity index (χ3v) is 6.15. The monoisotopic (exact) mass is 452 g/mol. The Morgan fingerprint density at radius 1 is 1.03 bits per heavy atom. The summed E-state index contributed by atoms with van der Waals surface area (Å²) < 4.78 is 10.9. The summed E-state index contributed by atoms with van der Waals surface area (Å²) in [6.07, 6.45) is 5.85. The van der Waals surface area contributed by atoms with Crippen molar-refractivity contribution in [3.05, 3.63) is 60.2 Å². The Hall–Kier alpha value is -3.02. The summed E-state index contributed by atoms with van der Waals surface area (Å²) in [5.41, 5.74) is 1.02. The molecule has 178 valence electrons. The number of rotatable bonds is 12. The van der Waals surface area contributed by atoms with E-state index in [1.54, 1.807) is 12.0 Å². The van der Waals surface area contributed by atoms with Gasteiger partial charge in [-0.1, -0.05) is 50.1 Å².